The molecule has 1 aromatic rings. The van der Waals surface area contributed by atoms with Crippen LogP contribution in [0.4, 0.5) is 5.69 Å². The Kier molecular flexibility index (Phi) is 3.54. The molecular weight excluding hydrogens is 230 g/mol. The van der Waals surface area contributed by atoms with Gasteiger partial charge < -0.3 is 5.32 Å². The second kappa shape index (κ2) is 4.46. The van der Waals surface area contributed by atoms with Crippen LogP contribution in [-0.4, -0.2) is 16.3 Å². The number of aromatic nitrogens is 2. The van der Waals surface area contributed by atoms with E-state index in [2.05, 4.69) is 39.8 Å². The van der Waals surface area contributed by atoms with E-state index in [0.29, 0.717) is 0 Å². The second-order valence-corrected chi connectivity index (χ2v) is 4.01. The number of anilines is 1. The van der Waals surface area contributed by atoms with Gasteiger partial charge in [-0.3, -0.25) is 4.68 Å². The Morgan fingerprint density at radius 1 is 1.77 bits per heavy atom. The van der Waals surface area contributed by atoms with Crippen LogP contribution >= 0.6 is 15.9 Å². The molecule has 3 nitrogen and oxygen atoms in total. The third-order valence-corrected chi connectivity index (χ3v) is 1.99. The van der Waals surface area contributed by atoms with E-state index in [1.807, 2.05) is 17.9 Å². The van der Waals surface area contributed by atoms with Crippen LogP contribution in [0.25, 0.3) is 0 Å². The molecule has 0 radical (unpaired) electrons. The highest BCUT2D eigenvalue weighted by molar-refractivity contribution is 9.11. The largest absolute Gasteiger partial charge is 0.378 e. The van der Waals surface area contributed by atoms with Crippen molar-refractivity contribution in [1.29, 1.82) is 0 Å². The zero-order chi connectivity index (χ0) is 9.84. The molecule has 13 heavy (non-hydrogen) atoms. The Morgan fingerprint density at radius 3 is 3.00 bits per heavy atom. The van der Waals surface area contributed by atoms with Gasteiger partial charge in [0.25, 0.3) is 0 Å². The van der Waals surface area contributed by atoms with Gasteiger partial charge in [-0.2, -0.15) is 5.10 Å². The topological polar surface area (TPSA) is 29.9 Å². The molecule has 1 N–H and O–H groups in total. The number of rotatable bonds is 4. The summed E-state index contributed by atoms with van der Waals surface area (Å²) < 4.78 is 2.76. The van der Waals surface area contributed by atoms with E-state index in [4.69, 9.17) is 0 Å². The zero-order valence-corrected chi connectivity index (χ0v) is 9.56. The fourth-order valence-corrected chi connectivity index (χ4v) is 1.27. The first-order chi connectivity index (χ1) is 6.13. The lowest BCUT2D eigenvalue weighted by Crippen LogP contribution is -2.01. The third-order valence-electron chi connectivity index (χ3n) is 1.71. The Morgan fingerprint density at radius 2 is 2.46 bits per heavy atom. The monoisotopic (exact) mass is 243 g/mol. The van der Waals surface area contributed by atoms with E-state index in [9.17, 15) is 0 Å². The minimum atomic E-state index is 0.735. The van der Waals surface area contributed by atoms with Crippen LogP contribution in [0.3, 0.4) is 0 Å². The van der Waals surface area contributed by atoms with E-state index in [1.165, 1.54) is 0 Å². The van der Waals surface area contributed by atoms with Crippen molar-refractivity contribution in [2.75, 3.05) is 11.9 Å². The summed E-state index contributed by atoms with van der Waals surface area (Å²) in [5.41, 5.74) is 2.18. The molecule has 0 bridgehead atoms. The molecule has 0 unspecified atom stereocenters. The first-order valence-corrected chi connectivity index (χ1v) is 5.02. The molecule has 4 heteroatoms. The average molecular weight is 244 g/mol. The number of aryl methyl sites for hydroxylation is 2. The maximum atomic E-state index is 4.32. The van der Waals surface area contributed by atoms with Gasteiger partial charge in [0.15, 0.2) is 0 Å². The minimum Gasteiger partial charge on any atom is -0.378 e. The van der Waals surface area contributed by atoms with E-state index in [-0.39, 0.29) is 0 Å². The van der Waals surface area contributed by atoms with Gasteiger partial charge in [0.05, 0.1) is 11.4 Å². The molecule has 72 valence electrons. The van der Waals surface area contributed by atoms with Gasteiger partial charge in [0.2, 0.25) is 0 Å². The fourth-order valence-electron chi connectivity index (χ4n) is 1.13. The number of nitrogens with zero attached hydrogens (tertiary/aromatic N) is 2. The molecule has 1 aromatic heterocycles. The van der Waals surface area contributed by atoms with Crippen molar-refractivity contribution in [1.82, 2.24) is 9.78 Å². The molecule has 0 aromatic carbocycles. The van der Waals surface area contributed by atoms with E-state index in [1.54, 1.807) is 0 Å². The number of hydrogen-bond acceptors (Lipinski definition) is 2. The average Bonchev–Trinajstić information content (AvgIpc) is 2.42. The van der Waals surface area contributed by atoms with Crippen molar-refractivity contribution >= 4 is 21.6 Å². The van der Waals surface area contributed by atoms with Gasteiger partial charge in [0, 0.05) is 24.3 Å². The predicted molar refractivity (Wildman–Crippen MR) is 59.1 cm³/mol. The van der Waals surface area contributed by atoms with Crippen LogP contribution in [0.2, 0.25) is 0 Å². The Balaban J connectivity index is 2.69. The third kappa shape index (κ3) is 2.88. The highest BCUT2D eigenvalue weighted by atomic mass is 79.9. The van der Waals surface area contributed by atoms with Crippen molar-refractivity contribution in [2.24, 2.45) is 7.05 Å². The van der Waals surface area contributed by atoms with Crippen LogP contribution in [0, 0.1) is 0 Å². The molecule has 0 aliphatic carbocycles. The van der Waals surface area contributed by atoms with Crippen molar-refractivity contribution in [3.8, 4) is 0 Å². The van der Waals surface area contributed by atoms with Crippen molar-refractivity contribution in [3.63, 3.8) is 0 Å². The second-order valence-electron chi connectivity index (χ2n) is 2.89. The molecule has 1 heterocycles. The molecule has 1 rings (SSSR count). The first-order valence-electron chi connectivity index (χ1n) is 4.23. The standard InChI is InChI=1S/C9H14BrN3/c1-4-8-9(6-13(3)12-8)11-5-7(2)10/h6,11H,2,4-5H2,1,3H3. The van der Waals surface area contributed by atoms with Crippen molar-refractivity contribution in [3.05, 3.63) is 23.0 Å². The summed E-state index contributed by atoms with van der Waals surface area (Å²) in [6.07, 6.45) is 2.92. The van der Waals surface area contributed by atoms with Crippen LogP contribution in [0.5, 0.6) is 0 Å². The summed E-state index contributed by atoms with van der Waals surface area (Å²) >= 11 is 3.30. The van der Waals surface area contributed by atoms with Crippen LogP contribution in [0.1, 0.15) is 12.6 Å². The molecule has 0 saturated heterocycles. The normalized spacial score (nSPS) is 10.1. The van der Waals surface area contributed by atoms with E-state index < -0.39 is 0 Å². The van der Waals surface area contributed by atoms with Crippen molar-refractivity contribution in [2.45, 2.75) is 13.3 Å². The summed E-state index contributed by atoms with van der Waals surface area (Å²) in [4.78, 5) is 0. The Labute approximate surface area is 87.0 Å². The van der Waals surface area contributed by atoms with Gasteiger partial charge >= 0.3 is 0 Å². The minimum absolute atomic E-state index is 0.735. The number of hydrogen-bond donors (Lipinski definition) is 1. The highest BCUT2D eigenvalue weighted by Crippen LogP contribution is 2.14. The predicted octanol–water partition coefficient (Wildman–Crippen LogP) is 2.30. The summed E-state index contributed by atoms with van der Waals surface area (Å²) in [6, 6.07) is 0. The lowest BCUT2D eigenvalue weighted by atomic mass is 10.3. The van der Waals surface area contributed by atoms with E-state index >= 15 is 0 Å². The maximum absolute atomic E-state index is 4.32. The smallest absolute Gasteiger partial charge is 0.0853 e. The maximum Gasteiger partial charge on any atom is 0.0853 e. The van der Waals surface area contributed by atoms with Gasteiger partial charge in [-0.25, -0.2) is 0 Å². The molecule has 0 spiro atoms. The van der Waals surface area contributed by atoms with Crippen LogP contribution < -0.4 is 5.32 Å². The Hall–Kier alpha value is -0.770. The molecular formula is C9H14BrN3. The fraction of sp³-hybridized carbons (Fsp3) is 0.444. The van der Waals surface area contributed by atoms with Gasteiger partial charge in [0.1, 0.15) is 0 Å². The lowest BCUT2D eigenvalue weighted by molar-refractivity contribution is 0.746. The molecule has 0 saturated carbocycles. The molecule has 0 fully saturated rings. The lowest BCUT2D eigenvalue weighted by Gasteiger charge is -2.02. The SMILES string of the molecule is C=C(Br)CNc1cn(C)nc1CC. The molecule has 0 aliphatic heterocycles. The van der Waals surface area contributed by atoms with Crippen molar-refractivity contribution < 1.29 is 0 Å². The first kappa shape index (κ1) is 10.3. The van der Waals surface area contributed by atoms with Crippen LogP contribution in [0.15, 0.2) is 17.3 Å². The number of nitrogens with one attached hydrogen (secondary N) is 1. The molecule has 0 amide bonds. The Bertz CT molecular complexity index is 304. The van der Waals surface area contributed by atoms with Crippen LogP contribution in [-0.2, 0) is 13.5 Å². The summed E-state index contributed by atoms with van der Waals surface area (Å²) in [5.74, 6) is 0. The number of halogens is 1. The molecule has 0 atom stereocenters. The van der Waals surface area contributed by atoms with Gasteiger partial charge in [-0.1, -0.05) is 29.4 Å². The summed E-state index contributed by atoms with van der Waals surface area (Å²) in [6.45, 7) is 6.59. The summed E-state index contributed by atoms with van der Waals surface area (Å²) in [7, 11) is 1.92. The molecule has 0 aliphatic rings. The van der Waals surface area contributed by atoms with Gasteiger partial charge in [-0.05, 0) is 6.42 Å². The highest BCUT2D eigenvalue weighted by Gasteiger charge is 2.04. The zero-order valence-electron chi connectivity index (χ0n) is 7.97. The van der Waals surface area contributed by atoms with E-state index in [0.717, 1.165) is 28.8 Å². The quantitative estimate of drug-likeness (QED) is 0.880. The van der Waals surface area contributed by atoms with Gasteiger partial charge in [-0.15, -0.1) is 0 Å². The summed E-state index contributed by atoms with van der Waals surface area (Å²) in [5, 5.41) is 7.57.